The molecule has 8 heteroatoms. The average molecular weight is 482 g/mol. The number of benzene rings is 1. The lowest BCUT2D eigenvalue weighted by Gasteiger charge is -2.23. The van der Waals surface area contributed by atoms with E-state index >= 15 is 0 Å². The molecule has 3 N–H and O–H groups in total. The number of hydrogen-bond acceptors (Lipinski definition) is 3. The van der Waals surface area contributed by atoms with Crippen molar-refractivity contribution in [3.05, 3.63) is 35.1 Å². The van der Waals surface area contributed by atoms with Crippen molar-refractivity contribution in [3.8, 4) is 0 Å². The van der Waals surface area contributed by atoms with Crippen LogP contribution in [0.1, 0.15) is 29.8 Å². The van der Waals surface area contributed by atoms with Gasteiger partial charge in [-0.15, -0.1) is 24.0 Å². The fraction of sp³-hybridized carbons (Fsp3) is 0.529. The van der Waals surface area contributed by atoms with Crippen molar-refractivity contribution in [3.63, 3.8) is 0 Å². The van der Waals surface area contributed by atoms with Crippen LogP contribution in [0.15, 0.2) is 23.2 Å². The molecule has 142 valence electrons. The third-order valence-electron chi connectivity index (χ3n) is 3.59. The lowest BCUT2D eigenvalue weighted by atomic mass is 10.1. The van der Waals surface area contributed by atoms with Crippen molar-refractivity contribution in [2.75, 3.05) is 32.9 Å². The van der Waals surface area contributed by atoms with Gasteiger partial charge < -0.3 is 16.0 Å². The number of amides is 1. The molecule has 0 saturated carbocycles. The molecule has 0 spiro atoms. The van der Waals surface area contributed by atoms with Gasteiger partial charge in [0.05, 0.1) is 0 Å². The molecule has 1 aromatic rings. The van der Waals surface area contributed by atoms with Crippen molar-refractivity contribution in [1.29, 1.82) is 0 Å². The van der Waals surface area contributed by atoms with Crippen molar-refractivity contribution in [2.24, 2.45) is 4.99 Å². The predicted octanol–water partition coefficient (Wildman–Crippen LogP) is 2.79. The van der Waals surface area contributed by atoms with Crippen LogP contribution < -0.4 is 16.0 Å². The normalized spacial score (nSPS) is 11.5. The summed E-state index contributed by atoms with van der Waals surface area (Å²) in [6.45, 7) is 7.69. The summed E-state index contributed by atoms with van der Waals surface area (Å²) < 4.78 is 13.6. The van der Waals surface area contributed by atoms with Crippen LogP contribution in [0.3, 0.4) is 0 Å². The number of thioether (sulfide) groups is 1. The fourth-order valence-electron chi connectivity index (χ4n) is 1.78. The van der Waals surface area contributed by atoms with E-state index in [4.69, 9.17) is 0 Å². The number of guanidine groups is 1. The highest BCUT2D eigenvalue weighted by Gasteiger charge is 2.16. The maximum Gasteiger partial charge on any atom is 0.251 e. The van der Waals surface area contributed by atoms with Gasteiger partial charge in [0, 0.05) is 37.0 Å². The monoisotopic (exact) mass is 482 g/mol. The van der Waals surface area contributed by atoms with Crippen molar-refractivity contribution < 1.29 is 9.18 Å². The van der Waals surface area contributed by atoms with Gasteiger partial charge in [-0.3, -0.25) is 9.79 Å². The number of hydrogen-bond donors (Lipinski definition) is 3. The van der Waals surface area contributed by atoms with Gasteiger partial charge in [0.25, 0.3) is 5.91 Å². The van der Waals surface area contributed by atoms with Gasteiger partial charge in [0.15, 0.2) is 5.96 Å². The zero-order valence-electron chi connectivity index (χ0n) is 15.4. The fourth-order valence-corrected chi connectivity index (χ4v) is 2.00. The van der Waals surface area contributed by atoms with Gasteiger partial charge in [-0.1, -0.05) is 6.07 Å². The zero-order chi connectivity index (χ0) is 18.2. The summed E-state index contributed by atoms with van der Waals surface area (Å²) in [7, 11) is 1.70. The number of carbonyl (C=O) groups is 1. The Morgan fingerprint density at radius 3 is 2.44 bits per heavy atom. The SMILES string of the molecule is CN=C(NCCNC(=O)c1ccc(C)c(F)c1)NCC(C)(C)SC.I. The highest BCUT2D eigenvalue weighted by Crippen LogP contribution is 2.19. The molecule has 0 aliphatic carbocycles. The second-order valence-electron chi connectivity index (χ2n) is 6.04. The molecule has 25 heavy (non-hydrogen) atoms. The van der Waals surface area contributed by atoms with Crippen LogP contribution in [-0.4, -0.2) is 49.6 Å². The zero-order valence-corrected chi connectivity index (χ0v) is 18.6. The molecule has 0 unspecified atom stereocenters. The Hall–Kier alpha value is -1.03. The first kappa shape index (κ1) is 24.0. The van der Waals surface area contributed by atoms with Gasteiger partial charge in [-0.25, -0.2) is 4.39 Å². The minimum atomic E-state index is -0.373. The quantitative estimate of drug-likeness (QED) is 0.242. The Morgan fingerprint density at radius 2 is 1.88 bits per heavy atom. The van der Waals surface area contributed by atoms with Crippen LogP contribution in [-0.2, 0) is 0 Å². The van der Waals surface area contributed by atoms with Crippen LogP contribution >= 0.6 is 35.7 Å². The number of carbonyl (C=O) groups excluding carboxylic acids is 1. The van der Waals surface area contributed by atoms with Gasteiger partial charge >= 0.3 is 0 Å². The number of rotatable bonds is 7. The highest BCUT2D eigenvalue weighted by molar-refractivity contribution is 14.0. The number of aliphatic imine (C=N–C) groups is 1. The number of halogens is 2. The van der Waals surface area contributed by atoms with E-state index < -0.39 is 0 Å². The smallest absolute Gasteiger partial charge is 0.251 e. The minimum absolute atomic E-state index is 0. The third kappa shape index (κ3) is 8.75. The maximum absolute atomic E-state index is 13.5. The lowest BCUT2D eigenvalue weighted by molar-refractivity contribution is 0.0954. The van der Waals surface area contributed by atoms with E-state index in [0.29, 0.717) is 30.2 Å². The molecule has 0 atom stereocenters. The molecular formula is C17H28FIN4OS. The lowest BCUT2D eigenvalue weighted by Crippen LogP contribution is -2.45. The summed E-state index contributed by atoms with van der Waals surface area (Å²) in [5.41, 5.74) is 0.846. The molecular weight excluding hydrogens is 454 g/mol. The summed E-state index contributed by atoms with van der Waals surface area (Å²) >= 11 is 1.78. The first-order valence-corrected chi connectivity index (χ1v) is 9.05. The number of aryl methyl sites for hydroxylation is 1. The van der Waals surface area contributed by atoms with E-state index in [1.165, 1.54) is 6.07 Å². The van der Waals surface area contributed by atoms with Crippen LogP contribution in [0.4, 0.5) is 4.39 Å². The van der Waals surface area contributed by atoms with E-state index in [1.807, 2.05) is 0 Å². The number of nitrogens with one attached hydrogen (secondary N) is 3. The van der Waals surface area contributed by atoms with Crippen molar-refractivity contribution in [2.45, 2.75) is 25.5 Å². The summed E-state index contributed by atoms with van der Waals surface area (Å²) in [5, 5.41) is 9.14. The highest BCUT2D eigenvalue weighted by atomic mass is 127. The summed E-state index contributed by atoms with van der Waals surface area (Å²) in [6.07, 6.45) is 2.07. The van der Waals surface area contributed by atoms with Crippen molar-refractivity contribution >= 4 is 47.6 Å². The van der Waals surface area contributed by atoms with E-state index in [2.05, 4.69) is 41.0 Å². The summed E-state index contributed by atoms with van der Waals surface area (Å²) in [5.74, 6) is 0.0247. The van der Waals surface area contributed by atoms with Crippen LogP contribution in [0.5, 0.6) is 0 Å². The van der Waals surface area contributed by atoms with Gasteiger partial charge in [-0.2, -0.15) is 11.8 Å². The Bertz CT molecular complexity index is 596. The molecule has 1 rings (SSSR count). The van der Waals surface area contributed by atoms with Crippen molar-refractivity contribution in [1.82, 2.24) is 16.0 Å². The largest absolute Gasteiger partial charge is 0.355 e. The molecule has 1 amide bonds. The van der Waals surface area contributed by atoms with Crippen LogP contribution in [0.2, 0.25) is 0 Å². The van der Waals surface area contributed by atoms with E-state index in [1.54, 1.807) is 37.9 Å². The van der Waals surface area contributed by atoms with Gasteiger partial charge in [-0.05, 0) is 44.7 Å². The standard InChI is InChI=1S/C17H27FN4OS.HI/c1-12-6-7-13(10-14(12)18)15(23)20-8-9-21-16(19-4)22-11-17(2,3)24-5;/h6-7,10H,8-9,11H2,1-5H3,(H,20,23)(H2,19,21,22);1H. The predicted molar refractivity (Wildman–Crippen MR) is 116 cm³/mol. The molecule has 0 fully saturated rings. The van der Waals surface area contributed by atoms with E-state index in [0.717, 1.165) is 6.54 Å². The molecule has 5 nitrogen and oxygen atoms in total. The first-order chi connectivity index (χ1) is 11.3. The van der Waals surface area contributed by atoms with Gasteiger partial charge in [0.1, 0.15) is 5.82 Å². The first-order valence-electron chi connectivity index (χ1n) is 7.83. The van der Waals surface area contributed by atoms with Gasteiger partial charge in [0.2, 0.25) is 0 Å². The number of nitrogens with zero attached hydrogens (tertiary/aromatic N) is 1. The molecule has 0 aliphatic heterocycles. The topological polar surface area (TPSA) is 65.5 Å². The maximum atomic E-state index is 13.5. The molecule has 1 aromatic carbocycles. The molecule has 0 radical (unpaired) electrons. The molecule has 0 bridgehead atoms. The Labute approximate surface area is 171 Å². The minimum Gasteiger partial charge on any atom is -0.355 e. The Kier molecular flexibility index (Phi) is 11.1. The second-order valence-corrected chi connectivity index (χ2v) is 7.55. The average Bonchev–Trinajstić information content (AvgIpc) is 2.56. The summed E-state index contributed by atoms with van der Waals surface area (Å²) in [4.78, 5) is 16.1. The third-order valence-corrected chi connectivity index (χ3v) is 4.84. The van der Waals surface area contributed by atoms with Crippen LogP contribution in [0.25, 0.3) is 0 Å². The summed E-state index contributed by atoms with van der Waals surface area (Å²) in [6, 6.07) is 4.47. The molecule has 0 saturated heterocycles. The van der Waals surface area contributed by atoms with Crippen LogP contribution in [0, 0.1) is 12.7 Å². The second kappa shape index (κ2) is 11.6. The molecule has 0 aromatic heterocycles. The van der Waals surface area contributed by atoms with E-state index in [9.17, 15) is 9.18 Å². The molecule has 0 aliphatic rings. The Morgan fingerprint density at radius 1 is 1.24 bits per heavy atom. The Balaban J connectivity index is 0.00000576. The molecule has 0 heterocycles. The van der Waals surface area contributed by atoms with E-state index in [-0.39, 0.29) is 40.4 Å².